The van der Waals surface area contributed by atoms with E-state index in [0.29, 0.717) is 19.4 Å². The molecule has 1 saturated heterocycles. The van der Waals surface area contributed by atoms with Crippen LogP contribution < -0.4 is 5.32 Å². The van der Waals surface area contributed by atoms with Gasteiger partial charge in [0.2, 0.25) is 11.8 Å². The molecule has 1 aliphatic heterocycles. The van der Waals surface area contributed by atoms with Gasteiger partial charge in [0.1, 0.15) is 0 Å². The Balaban J connectivity index is 2.26. The molecule has 1 unspecified atom stereocenters. The van der Waals surface area contributed by atoms with Gasteiger partial charge in [-0.25, -0.2) is 0 Å². The molecule has 1 heterocycles. The van der Waals surface area contributed by atoms with E-state index >= 15 is 0 Å². The maximum Gasteiger partial charge on any atom is 0.222 e. The van der Waals surface area contributed by atoms with Gasteiger partial charge < -0.3 is 10.2 Å². The van der Waals surface area contributed by atoms with Gasteiger partial charge in [0.25, 0.3) is 0 Å². The van der Waals surface area contributed by atoms with Gasteiger partial charge in [0, 0.05) is 32.0 Å². The zero-order valence-corrected chi connectivity index (χ0v) is 9.58. The first kappa shape index (κ1) is 12.0. The minimum Gasteiger partial charge on any atom is -0.352 e. The first-order valence-corrected chi connectivity index (χ1v) is 5.70. The smallest absolute Gasteiger partial charge is 0.222 e. The SMILES string of the molecule is CCCC(=O)NC(C)CN1CCCC1=O. The van der Waals surface area contributed by atoms with Gasteiger partial charge in [-0.3, -0.25) is 9.59 Å². The number of hydrogen-bond acceptors (Lipinski definition) is 2. The molecule has 1 rings (SSSR count). The van der Waals surface area contributed by atoms with Crippen molar-refractivity contribution in [1.29, 1.82) is 0 Å². The summed E-state index contributed by atoms with van der Waals surface area (Å²) in [6.07, 6.45) is 3.05. The number of nitrogens with zero attached hydrogens (tertiary/aromatic N) is 1. The quantitative estimate of drug-likeness (QED) is 0.736. The van der Waals surface area contributed by atoms with Crippen LogP contribution in [0.5, 0.6) is 0 Å². The molecule has 1 atom stereocenters. The van der Waals surface area contributed by atoms with Crippen LogP contribution in [-0.4, -0.2) is 35.8 Å². The molecule has 1 N–H and O–H groups in total. The van der Waals surface area contributed by atoms with E-state index in [2.05, 4.69) is 5.32 Å². The molecular weight excluding hydrogens is 192 g/mol. The minimum absolute atomic E-state index is 0.0612. The zero-order chi connectivity index (χ0) is 11.3. The largest absolute Gasteiger partial charge is 0.352 e. The predicted octanol–water partition coefficient (Wildman–Crippen LogP) is 0.914. The lowest BCUT2D eigenvalue weighted by molar-refractivity contribution is -0.129. The summed E-state index contributed by atoms with van der Waals surface area (Å²) >= 11 is 0. The Morgan fingerprint density at radius 1 is 1.60 bits per heavy atom. The van der Waals surface area contributed by atoms with Crippen molar-refractivity contribution in [1.82, 2.24) is 10.2 Å². The molecule has 0 aromatic heterocycles. The molecule has 86 valence electrons. The fraction of sp³-hybridized carbons (Fsp3) is 0.818. The summed E-state index contributed by atoms with van der Waals surface area (Å²) in [6, 6.07) is 0.0612. The summed E-state index contributed by atoms with van der Waals surface area (Å²) in [7, 11) is 0. The monoisotopic (exact) mass is 212 g/mol. The van der Waals surface area contributed by atoms with Crippen LogP contribution in [0.1, 0.15) is 39.5 Å². The maximum atomic E-state index is 11.3. The van der Waals surface area contributed by atoms with Crippen LogP contribution in [0.2, 0.25) is 0 Å². The standard InChI is InChI=1S/C11H20N2O2/c1-3-5-10(14)12-9(2)8-13-7-4-6-11(13)15/h9H,3-8H2,1-2H3,(H,12,14). The Kier molecular flexibility index (Phi) is 4.59. The number of nitrogens with one attached hydrogen (secondary N) is 1. The van der Waals surface area contributed by atoms with E-state index in [9.17, 15) is 9.59 Å². The number of rotatable bonds is 5. The average Bonchev–Trinajstić information content (AvgIpc) is 2.52. The van der Waals surface area contributed by atoms with Gasteiger partial charge in [0.05, 0.1) is 0 Å². The van der Waals surface area contributed by atoms with Crippen molar-refractivity contribution < 1.29 is 9.59 Å². The normalized spacial score (nSPS) is 18.0. The Hall–Kier alpha value is -1.06. The third-order valence-corrected chi connectivity index (χ3v) is 2.55. The van der Waals surface area contributed by atoms with Crippen molar-refractivity contribution in [2.45, 2.75) is 45.6 Å². The second-order valence-electron chi connectivity index (χ2n) is 4.16. The molecule has 0 aromatic carbocycles. The number of amides is 2. The summed E-state index contributed by atoms with van der Waals surface area (Å²) in [6.45, 7) is 5.41. The Labute approximate surface area is 91.0 Å². The molecule has 2 amide bonds. The zero-order valence-electron chi connectivity index (χ0n) is 9.58. The van der Waals surface area contributed by atoms with E-state index in [1.54, 1.807) is 0 Å². The molecule has 0 aliphatic carbocycles. The van der Waals surface area contributed by atoms with Crippen molar-refractivity contribution in [2.75, 3.05) is 13.1 Å². The fourth-order valence-corrected chi connectivity index (χ4v) is 1.85. The topological polar surface area (TPSA) is 49.4 Å². The second-order valence-corrected chi connectivity index (χ2v) is 4.16. The van der Waals surface area contributed by atoms with Gasteiger partial charge in [-0.2, -0.15) is 0 Å². The van der Waals surface area contributed by atoms with Crippen LogP contribution in [0, 0.1) is 0 Å². The molecule has 1 aliphatic rings. The molecule has 0 radical (unpaired) electrons. The van der Waals surface area contributed by atoms with Crippen LogP contribution in [0.25, 0.3) is 0 Å². The molecule has 4 heteroatoms. The van der Waals surface area contributed by atoms with Crippen LogP contribution in [0.4, 0.5) is 0 Å². The second kappa shape index (κ2) is 5.73. The molecule has 0 spiro atoms. The lowest BCUT2D eigenvalue weighted by Crippen LogP contribution is -2.42. The van der Waals surface area contributed by atoms with Gasteiger partial charge in [-0.1, -0.05) is 6.92 Å². The molecule has 4 nitrogen and oxygen atoms in total. The summed E-state index contributed by atoms with van der Waals surface area (Å²) < 4.78 is 0. The fourth-order valence-electron chi connectivity index (χ4n) is 1.85. The third-order valence-electron chi connectivity index (χ3n) is 2.55. The number of hydrogen-bond donors (Lipinski definition) is 1. The van der Waals surface area contributed by atoms with Crippen molar-refractivity contribution in [2.24, 2.45) is 0 Å². The van der Waals surface area contributed by atoms with Gasteiger partial charge in [-0.05, 0) is 19.8 Å². The Morgan fingerprint density at radius 3 is 2.87 bits per heavy atom. The summed E-state index contributed by atoms with van der Waals surface area (Å²) in [5.41, 5.74) is 0. The highest BCUT2D eigenvalue weighted by Crippen LogP contribution is 2.09. The summed E-state index contributed by atoms with van der Waals surface area (Å²) in [5.74, 6) is 0.295. The van der Waals surface area contributed by atoms with Gasteiger partial charge in [-0.15, -0.1) is 0 Å². The number of likely N-dealkylation sites (tertiary alicyclic amines) is 1. The first-order chi connectivity index (χ1) is 7.13. The van der Waals surface area contributed by atoms with Crippen molar-refractivity contribution in [3.8, 4) is 0 Å². The van der Waals surface area contributed by atoms with Crippen molar-refractivity contribution in [3.63, 3.8) is 0 Å². The molecule has 0 saturated carbocycles. The minimum atomic E-state index is 0.0612. The molecular formula is C11H20N2O2. The predicted molar refractivity (Wildman–Crippen MR) is 58.3 cm³/mol. The number of carbonyl (C=O) groups is 2. The summed E-state index contributed by atoms with van der Waals surface area (Å²) in [5, 5.41) is 2.90. The Bertz CT molecular complexity index is 241. The van der Waals surface area contributed by atoms with Crippen LogP contribution in [0.15, 0.2) is 0 Å². The maximum absolute atomic E-state index is 11.3. The molecule has 15 heavy (non-hydrogen) atoms. The van der Waals surface area contributed by atoms with Gasteiger partial charge in [0.15, 0.2) is 0 Å². The van der Waals surface area contributed by atoms with E-state index in [4.69, 9.17) is 0 Å². The van der Waals surface area contributed by atoms with Crippen molar-refractivity contribution >= 4 is 11.8 Å². The van der Waals surface area contributed by atoms with E-state index < -0.39 is 0 Å². The number of carbonyl (C=O) groups excluding carboxylic acids is 2. The van der Waals surface area contributed by atoms with E-state index in [1.807, 2.05) is 18.7 Å². The van der Waals surface area contributed by atoms with Crippen LogP contribution in [-0.2, 0) is 9.59 Å². The first-order valence-electron chi connectivity index (χ1n) is 5.70. The lowest BCUT2D eigenvalue weighted by Gasteiger charge is -2.21. The van der Waals surface area contributed by atoms with Gasteiger partial charge >= 0.3 is 0 Å². The van der Waals surface area contributed by atoms with E-state index in [0.717, 1.165) is 19.4 Å². The average molecular weight is 212 g/mol. The van der Waals surface area contributed by atoms with Crippen LogP contribution >= 0.6 is 0 Å². The van der Waals surface area contributed by atoms with E-state index in [-0.39, 0.29) is 17.9 Å². The highest BCUT2D eigenvalue weighted by Gasteiger charge is 2.21. The highest BCUT2D eigenvalue weighted by molar-refractivity contribution is 5.78. The molecule has 0 bridgehead atoms. The molecule has 0 aromatic rings. The third kappa shape index (κ3) is 3.90. The molecule has 1 fully saturated rings. The van der Waals surface area contributed by atoms with Crippen molar-refractivity contribution in [3.05, 3.63) is 0 Å². The Morgan fingerprint density at radius 2 is 2.33 bits per heavy atom. The highest BCUT2D eigenvalue weighted by atomic mass is 16.2. The van der Waals surface area contributed by atoms with E-state index in [1.165, 1.54) is 0 Å². The lowest BCUT2D eigenvalue weighted by atomic mass is 10.2. The van der Waals surface area contributed by atoms with Crippen LogP contribution in [0.3, 0.4) is 0 Å². The summed E-state index contributed by atoms with van der Waals surface area (Å²) in [4.78, 5) is 24.5.